The van der Waals surface area contributed by atoms with Crippen LogP contribution in [0.5, 0.6) is 0 Å². The van der Waals surface area contributed by atoms with Gasteiger partial charge in [-0.15, -0.1) is 12.3 Å². The van der Waals surface area contributed by atoms with E-state index in [9.17, 15) is 5.11 Å². The predicted octanol–water partition coefficient (Wildman–Crippen LogP) is 1.90. The molecular formula is C15H27NO2. The van der Waals surface area contributed by atoms with Crippen molar-refractivity contribution < 1.29 is 9.84 Å². The number of piperidine rings is 1. The van der Waals surface area contributed by atoms with E-state index in [4.69, 9.17) is 11.2 Å². The van der Waals surface area contributed by atoms with E-state index in [0.29, 0.717) is 19.6 Å². The first-order valence-electron chi connectivity index (χ1n) is 6.91. The fourth-order valence-electron chi connectivity index (χ4n) is 2.21. The average molecular weight is 253 g/mol. The van der Waals surface area contributed by atoms with Gasteiger partial charge in [0.1, 0.15) is 0 Å². The van der Waals surface area contributed by atoms with Crippen molar-refractivity contribution in [3.63, 3.8) is 0 Å². The standard InChI is InChI=1S/C15H27NO2/c1-5-8-15(3,4)18-12-14(17)11-16-9-6-13(2)7-10-16/h1,13-14,17H,6-12H2,2-4H3/t14-/m1/s1. The zero-order valence-corrected chi connectivity index (χ0v) is 12.0. The number of terminal acetylenes is 1. The third-order valence-electron chi connectivity index (χ3n) is 3.54. The Morgan fingerprint density at radius 3 is 2.61 bits per heavy atom. The van der Waals surface area contributed by atoms with Crippen molar-refractivity contribution in [2.45, 2.75) is 51.7 Å². The van der Waals surface area contributed by atoms with Crippen LogP contribution in [0.4, 0.5) is 0 Å². The van der Waals surface area contributed by atoms with Crippen LogP contribution in [0.3, 0.4) is 0 Å². The molecule has 0 unspecified atom stereocenters. The first-order valence-corrected chi connectivity index (χ1v) is 6.91. The van der Waals surface area contributed by atoms with Crippen molar-refractivity contribution in [3.8, 4) is 12.3 Å². The molecule has 0 aromatic heterocycles. The van der Waals surface area contributed by atoms with E-state index < -0.39 is 6.10 Å². The van der Waals surface area contributed by atoms with Crippen molar-refractivity contribution >= 4 is 0 Å². The molecule has 1 saturated heterocycles. The molecule has 1 aliphatic rings. The maximum Gasteiger partial charge on any atom is 0.0900 e. The van der Waals surface area contributed by atoms with E-state index in [1.807, 2.05) is 13.8 Å². The monoisotopic (exact) mass is 253 g/mol. The molecule has 3 heteroatoms. The number of β-amino-alcohol motifs (C(OH)–C–C–N with tert-alkyl or cyclic N) is 1. The van der Waals surface area contributed by atoms with Crippen LogP contribution >= 0.6 is 0 Å². The van der Waals surface area contributed by atoms with Gasteiger partial charge in [-0.3, -0.25) is 0 Å². The molecule has 0 amide bonds. The number of rotatable bonds is 6. The Hall–Kier alpha value is -0.560. The summed E-state index contributed by atoms with van der Waals surface area (Å²) in [4.78, 5) is 2.32. The van der Waals surface area contributed by atoms with Crippen LogP contribution in [0, 0.1) is 18.3 Å². The summed E-state index contributed by atoms with van der Waals surface area (Å²) in [7, 11) is 0. The highest BCUT2D eigenvalue weighted by Gasteiger charge is 2.21. The molecule has 1 N–H and O–H groups in total. The van der Waals surface area contributed by atoms with Gasteiger partial charge in [-0.05, 0) is 45.7 Å². The summed E-state index contributed by atoms with van der Waals surface area (Å²) in [5.41, 5.74) is -0.341. The van der Waals surface area contributed by atoms with Gasteiger partial charge in [-0.25, -0.2) is 0 Å². The minimum atomic E-state index is -0.421. The van der Waals surface area contributed by atoms with Crippen LogP contribution < -0.4 is 0 Å². The predicted molar refractivity (Wildman–Crippen MR) is 74.3 cm³/mol. The number of likely N-dealkylation sites (tertiary alicyclic amines) is 1. The zero-order valence-electron chi connectivity index (χ0n) is 12.0. The Morgan fingerprint density at radius 1 is 1.44 bits per heavy atom. The van der Waals surface area contributed by atoms with Gasteiger partial charge < -0.3 is 14.7 Å². The Labute approximate surface area is 112 Å². The number of aliphatic hydroxyl groups excluding tert-OH is 1. The highest BCUT2D eigenvalue weighted by atomic mass is 16.5. The van der Waals surface area contributed by atoms with Gasteiger partial charge in [-0.2, -0.15) is 0 Å². The topological polar surface area (TPSA) is 32.7 Å². The lowest BCUT2D eigenvalue weighted by molar-refractivity contribution is -0.0644. The molecule has 1 atom stereocenters. The smallest absolute Gasteiger partial charge is 0.0900 e. The number of hydrogen-bond acceptors (Lipinski definition) is 3. The molecule has 0 aromatic rings. The van der Waals surface area contributed by atoms with Gasteiger partial charge in [0.25, 0.3) is 0 Å². The maximum absolute atomic E-state index is 9.98. The Bertz CT molecular complexity index is 275. The summed E-state index contributed by atoms with van der Waals surface area (Å²) in [6, 6.07) is 0. The Morgan fingerprint density at radius 2 is 2.06 bits per heavy atom. The molecular weight excluding hydrogens is 226 g/mol. The molecule has 0 aliphatic carbocycles. The lowest BCUT2D eigenvalue weighted by Crippen LogP contribution is -2.41. The third-order valence-corrected chi connectivity index (χ3v) is 3.54. The molecule has 1 aliphatic heterocycles. The molecule has 0 radical (unpaired) electrons. The maximum atomic E-state index is 9.98. The van der Waals surface area contributed by atoms with Crippen LogP contribution in [0.15, 0.2) is 0 Å². The quantitative estimate of drug-likeness (QED) is 0.734. The molecule has 104 valence electrons. The number of ether oxygens (including phenoxy) is 1. The highest BCUT2D eigenvalue weighted by Crippen LogP contribution is 2.17. The van der Waals surface area contributed by atoms with Crippen LogP contribution in [0.25, 0.3) is 0 Å². The van der Waals surface area contributed by atoms with Crippen LogP contribution in [-0.4, -0.2) is 48.0 Å². The lowest BCUT2D eigenvalue weighted by Gasteiger charge is -2.32. The van der Waals surface area contributed by atoms with Crippen molar-refractivity contribution in [1.29, 1.82) is 0 Å². The normalized spacial score (nSPS) is 20.6. The summed E-state index contributed by atoms with van der Waals surface area (Å²) in [6.07, 6.45) is 7.90. The van der Waals surface area contributed by atoms with Crippen molar-refractivity contribution in [2.24, 2.45) is 5.92 Å². The summed E-state index contributed by atoms with van der Waals surface area (Å²) in [6.45, 7) is 9.46. The van der Waals surface area contributed by atoms with E-state index >= 15 is 0 Å². The van der Waals surface area contributed by atoms with E-state index in [2.05, 4.69) is 17.7 Å². The van der Waals surface area contributed by atoms with Gasteiger partial charge in [0, 0.05) is 13.0 Å². The van der Waals surface area contributed by atoms with Gasteiger partial charge in [0.2, 0.25) is 0 Å². The first kappa shape index (κ1) is 15.5. The molecule has 3 nitrogen and oxygen atoms in total. The van der Waals surface area contributed by atoms with Gasteiger partial charge in [0.15, 0.2) is 0 Å². The van der Waals surface area contributed by atoms with Crippen LogP contribution in [-0.2, 0) is 4.74 Å². The van der Waals surface area contributed by atoms with Crippen LogP contribution in [0.1, 0.15) is 40.0 Å². The molecule has 0 saturated carbocycles. The molecule has 0 aromatic carbocycles. The van der Waals surface area contributed by atoms with Crippen molar-refractivity contribution in [2.75, 3.05) is 26.2 Å². The SMILES string of the molecule is C#CCC(C)(C)OC[C@H](O)CN1CCC(C)CC1. The summed E-state index contributed by atoms with van der Waals surface area (Å²) in [5, 5.41) is 9.98. The Balaban J connectivity index is 2.21. The molecule has 18 heavy (non-hydrogen) atoms. The molecule has 0 spiro atoms. The molecule has 1 heterocycles. The van der Waals surface area contributed by atoms with E-state index in [-0.39, 0.29) is 5.60 Å². The summed E-state index contributed by atoms with van der Waals surface area (Å²) < 4.78 is 5.68. The molecule has 1 fully saturated rings. The van der Waals surface area contributed by atoms with E-state index in [0.717, 1.165) is 19.0 Å². The van der Waals surface area contributed by atoms with E-state index in [1.54, 1.807) is 0 Å². The molecule has 1 rings (SSSR count). The molecule has 0 bridgehead atoms. The lowest BCUT2D eigenvalue weighted by atomic mass is 9.99. The second-order valence-electron chi connectivity index (χ2n) is 6.09. The van der Waals surface area contributed by atoms with Gasteiger partial charge in [0.05, 0.1) is 18.3 Å². The van der Waals surface area contributed by atoms with E-state index in [1.165, 1.54) is 12.8 Å². The second-order valence-corrected chi connectivity index (χ2v) is 6.09. The zero-order chi connectivity index (χ0) is 13.6. The largest absolute Gasteiger partial charge is 0.389 e. The first-order chi connectivity index (χ1) is 8.43. The minimum absolute atomic E-state index is 0.341. The average Bonchev–Trinajstić information content (AvgIpc) is 2.30. The number of hydrogen-bond donors (Lipinski definition) is 1. The highest BCUT2D eigenvalue weighted by molar-refractivity contribution is 4.92. The van der Waals surface area contributed by atoms with Gasteiger partial charge >= 0.3 is 0 Å². The van der Waals surface area contributed by atoms with Crippen LogP contribution in [0.2, 0.25) is 0 Å². The van der Waals surface area contributed by atoms with Gasteiger partial charge in [-0.1, -0.05) is 6.92 Å². The summed E-state index contributed by atoms with van der Waals surface area (Å²) >= 11 is 0. The number of aliphatic hydroxyl groups is 1. The van der Waals surface area contributed by atoms with Crippen molar-refractivity contribution in [3.05, 3.63) is 0 Å². The minimum Gasteiger partial charge on any atom is -0.389 e. The fourth-order valence-corrected chi connectivity index (χ4v) is 2.21. The number of nitrogens with zero attached hydrogens (tertiary/aromatic N) is 1. The Kier molecular flexibility index (Phi) is 6.14. The van der Waals surface area contributed by atoms with Crippen molar-refractivity contribution in [1.82, 2.24) is 4.90 Å². The third kappa shape index (κ3) is 5.86. The fraction of sp³-hybridized carbons (Fsp3) is 0.867. The second kappa shape index (κ2) is 7.13. The summed E-state index contributed by atoms with van der Waals surface area (Å²) in [5.74, 6) is 3.42.